The van der Waals surface area contributed by atoms with Crippen molar-refractivity contribution in [3.63, 3.8) is 0 Å². The highest BCUT2D eigenvalue weighted by Gasteiger charge is 2.17. The SMILES string of the molecule is CC(C)CCCc1cc(C(C)C)c(OCCO)c(C(C)C)c1. The Labute approximate surface area is 136 Å². The van der Waals surface area contributed by atoms with Gasteiger partial charge in [0.1, 0.15) is 12.4 Å². The summed E-state index contributed by atoms with van der Waals surface area (Å²) < 4.78 is 5.89. The highest BCUT2D eigenvalue weighted by atomic mass is 16.5. The predicted octanol–water partition coefficient (Wildman–Crippen LogP) is 5.28. The van der Waals surface area contributed by atoms with Gasteiger partial charge in [0.15, 0.2) is 0 Å². The van der Waals surface area contributed by atoms with E-state index in [1.54, 1.807) is 0 Å². The van der Waals surface area contributed by atoms with Gasteiger partial charge in [-0.1, -0.05) is 60.1 Å². The van der Waals surface area contributed by atoms with E-state index in [4.69, 9.17) is 9.84 Å². The Bertz CT molecular complexity index is 418. The number of hydrogen-bond acceptors (Lipinski definition) is 2. The van der Waals surface area contributed by atoms with E-state index < -0.39 is 0 Å². The van der Waals surface area contributed by atoms with E-state index in [0.717, 1.165) is 18.1 Å². The van der Waals surface area contributed by atoms with E-state index in [1.807, 2.05) is 0 Å². The third-order valence-corrected chi connectivity index (χ3v) is 4.03. The van der Waals surface area contributed by atoms with Crippen LogP contribution in [0.4, 0.5) is 0 Å². The molecule has 1 aromatic rings. The predicted molar refractivity (Wildman–Crippen MR) is 95.0 cm³/mol. The van der Waals surface area contributed by atoms with Crippen molar-refractivity contribution in [2.24, 2.45) is 5.92 Å². The average Bonchev–Trinajstić information content (AvgIpc) is 2.44. The molecule has 1 rings (SSSR count). The minimum Gasteiger partial charge on any atom is -0.491 e. The van der Waals surface area contributed by atoms with Crippen LogP contribution < -0.4 is 4.74 Å². The summed E-state index contributed by atoms with van der Waals surface area (Å²) in [5, 5.41) is 9.08. The van der Waals surface area contributed by atoms with Crippen molar-refractivity contribution in [2.75, 3.05) is 13.2 Å². The van der Waals surface area contributed by atoms with Gasteiger partial charge in [0, 0.05) is 0 Å². The molecule has 2 nitrogen and oxygen atoms in total. The van der Waals surface area contributed by atoms with Gasteiger partial charge in [-0.2, -0.15) is 0 Å². The van der Waals surface area contributed by atoms with Crippen molar-refractivity contribution in [1.82, 2.24) is 0 Å². The Morgan fingerprint density at radius 2 is 1.50 bits per heavy atom. The van der Waals surface area contributed by atoms with Crippen LogP contribution in [-0.2, 0) is 6.42 Å². The van der Waals surface area contributed by atoms with Crippen LogP contribution in [-0.4, -0.2) is 18.3 Å². The maximum atomic E-state index is 9.08. The van der Waals surface area contributed by atoms with Crippen LogP contribution in [0.1, 0.15) is 82.9 Å². The largest absolute Gasteiger partial charge is 0.491 e. The van der Waals surface area contributed by atoms with Crippen LogP contribution >= 0.6 is 0 Å². The fourth-order valence-electron chi connectivity index (χ4n) is 2.77. The van der Waals surface area contributed by atoms with Gasteiger partial charge < -0.3 is 9.84 Å². The summed E-state index contributed by atoms with van der Waals surface area (Å²) in [6.07, 6.45) is 3.65. The molecule has 1 aromatic carbocycles. The van der Waals surface area contributed by atoms with Gasteiger partial charge in [-0.15, -0.1) is 0 Å². The topological polar surface area (TPSA) is 29.5 Å². The Kier molecular flexibility index (Phi) is 7.95. The van der Waals surface area contributed by atoms with Gasteiger partial charge in [-0.05, 0) is 47.3 Å². The van der Waals surface area contributed by atoms with Crippen molar-refractivity contribution in [1.29, 1.82) is 0 Å². The van der Waals surface area contributed by atoms with E-state index in [9.17, 15) is 0 Å². The fraction of sp³-hybridized carbons (Fsp3) is 0.700. The van der Waals surface area contributed by atoms with Gasteiger partial charge in [0.25, 0.3) is 0 Å². The van der Waals surface area contributed by atoms with Gasteiger partial charge in [-0.3, -0.25) is 0 Å². The van der Waals surface area contributed by atoms with Crippen molar-refractivity contribution in [3.05, 3.63) is 28.8 Å². The number of rotatable bonds is 9. The standard InChI is InChI=1S/C20H34O2/c1-14(2)8-7-9-17-12-18(15(3)4)20(22-11-10-21)19(13-17)16(5)6/h12-16,21H,7-11H2,1-6H3. The second-order valence-corrected chi connectivity index (χ2v) is 7.27. The quantitative estimate of drug-likeness (QED) is 0.672. The summed E-state index contributed by atoms with van der Waals surface area (Å²) in [6.45, 7) is 13.8. The fourth-order valence-corrected chi connectivity index (χ4v) is 2.77. The summed E-state index contributed by atoms with van der Waals surface area (Å²) >= 11 is 0. The molecule has 22 heavy (non-hydrogen) atoms. The third kappa shape index (κ3) is 5.64. The summed E-state index contributed by atoms with van der Waals surface area (Å²) in [5.74, 6) is 2.61. The number of benzene rings is 1. The molecule has 0 aliphatic heterocycles. The van der Waals surface area contributed by atoms with Gasteiger partial charge in [0.2, 0.25) is 0 Å². The highest BCUT2D eigenvalue weighted by Crippen LogP contribution is 2.36. The van der Waals surface area contributed by atoms with E-state index in [-0.39, 0.29) is 6.61 Å². The zero-order valence-corrected chi connectivity index (χ0v) is 15.3. The first kappa shape index (κ1) is 19.0. The van der Waals surface area contributed by atoms with Crippen LogP contribution in [0.25, 0.3) is 0 Å². The van der Waals surface area contributed by atoms with Crippen molar-refractivity contribution in [2.45, 2.75) is 72.6 Å². The smallest absolute Gasteiger partial charge is 0.126 e. The zero-order chi connectivity index (χ0) is 16.7. The Morgan fingerprint density at radius 3 is 1.91 bits per heavy atom. The molecule has 0 heterocycles. The molecule has 0 spiro atoms. The van der Waals surface area contributed by atoms with Crippen molar-refractivity contribution < 1.29 is 9.84 Å². The molecule has 126 valence electrons. The maximum Gasteiger partial charge on any atom is 0.126 e. The van der Waals surface area contributed by atoms with Gasteiger partial charge >= 0.3 is 0 Å². The first-order valence-electron chi connectivity index (χ1n) is 8.77. The second kappa shape index (κ2) is 9.19. The molecular formula is C20H34O2. The van der Waals surface area contributed by atoms with E-state index >= 15 is 0 Å². The second-order valence-electron chi connectivity index (χ2n) is 7.27. The molecule has 0 radical (unpaired) electrons. The molecule has 0 aliphatic rings. The molecule has 0 fully saturated rings. The Balaban J connectivity index is 3.10. The number of aliphatic hydroxyl groups is 1. The summed E-state index contributed by atoms with van der Waals surface area (Å²) in [7, 11) is 0. The number of ether oxygens (including phenoxy) is 1. The Hall–Kier alpha value is -1.02. The van der Waals surface area contributed by atoms with Gasteiger partial charge in [0.05, 0.1) is 6.61 Å². The molecule has 0 amide bonds. The molecule has 2 heteroatoms. The molecule has 1 N–H and O–H groups in total. The summed E-state index contributed by atoms with van der Waals surface area (Å²) in [6, 6.07) is 4.62. The van der Waals surface area contributed by atoms with Crippen LogP contribution in [0.2, 0.25) is 0 Å². The number of aryl methyl sites for hydroxylation is 1. The molecule has 0 atom stereocenters. The normalized spacial score (nSPS) is 11.7. The third-order valence-electron chi connectivity index (χ3n) is 4.03. The molecule has 0 aliphatic carbocycles. The zero-order valence-electron chi connectivity index (χ0n) is 15.3. The van der Waals surface area contributed by atoms with Crippen LogP contribution in [0.3, 0.4) is 0 Å². The van der Waals surface area contributed by atoms with E-state index in [0.29, 0.717) is 18.4 Å². The first-order valence-corrected chi connectivity index (χ1v) is 8.77. The first-order chi connectivity index (χ1) is 10.4. The highest BCUT2D eigenvalue weighted by molar-refractivity contribution is 5.48. The van der Waals surface area contributed by atoms with Gasteiger partial charge in [-0.25, -0.2) is 0 Å². The van der Waals surface area contributed by atoms with Crippen molar-refractivity contribution >= 4 is 0 Å². The molecule has 0 unspecified atom stereocenters. The van der Waals surface area contributed by atoms with E-state index in [2.05, 4.69) is 53.7 Å². The molecular weight excluding hydrogens is 272 g/mol. The lowest BCUT2D eigenvalue weighted by Gasteiger charge is -2.21. The molecule has 0 bridgehead atoms. The molecule has 0 aromatic heterocycles. The van der Waals surface area contributed by atoms with Crippen LogP contribution in [0.5, 0.6) is 5.75 Å². The lowest BCUT2D eigenvalue weighted by atomic mass is 9.89. The van der Waals surface area contributed by atoms with E-state index in [1.165, 1.54) is 29.5 Å². The summed E-state index contributed by atoms with van der Waals surface area (Å²) in [5.41, 5.74) is 3.97. The maximum absolute atomic E-state index is 9.08. The number of hydrogen-bond donors (Lipinski definition) is 1. The minimum absolute atomic E-state index is 0.0607. The lowest BCUT2D eigenvalue weighted by Crippen LogP contribution is -2.09. The van der Waals surface area contributed by atoms with Crippen molar-refractivity contribution in [3.8, 4) is 5.75 Å². The molecule has 0 saturated carbocycles. The lowest BCUT2D eigenvalue weighted by molar-refractivity contribution is 0.198. The average molecular weight is 306 g/mol. The summed E-state index contributed by atoms with van der Waals surface area (Å²) in [4.78, 5) is 0. The number of aliphatic hydroxyl groups excluding tert-OH is 1. The minimum atomic E-state index is 0.0607. The monoisotopic (exact) mass is 306 g/mol. The molecule has 0 saturated heterocycles. The Morgan fingerprint density at radius 1 is 0.955 bits per heavy atom. The van der Waals surface area contributed by atoms with Crippen LogP contribution in [0, 0.1) is 5.92 Å². The van der Waals surface area contributed by atoms with Crippen LogP contribution in [0.15, 0.2) is 12.1 Å².